The maximum absolute atomic E-state index is 14.7. The molecule has 1 aromatic heterocycles. The number of aromatic nitrogens is 2. The van der Waals surface area contributed by atoms with Gasteiger partial charge in [-0.2, -0.15) is 0 Å². The van der Waals surface area contributed by atoms with E-state index in [2.05, 4.69) is 19.2 Å². The van der Waals surface area contributed by atoms with Crippen LogP contribution in [0.1, 0.15) is 25.2 Å². The molecule has 0 unspecified atom stereocenters. The van der Waals surface area contributed by atoms with E-state index in [0.29, 0.717) is 28.1 Å². The molecule has 4 heterocycles. The molecule has 7 nitrogen and oxygen atoms in total. The number of para-hydroxylation sites is 2. The lowest BCUT2D eigenvalue weighted by atomic mass is 9.75. The first-order valence-corrected chi connectivity index (χ1v) is 13.7. The summed E-state index contributed by atoms with van der Waals surface area (Å²) in [5, 5.41) is 6.07. The van der Waals surface area contributed by atoms with Gasteiger partial charge in [-0.1, -0.05) is 80.6 Å². The molecule has 3 aliphatic rings. The van der Waals surface area contributed by atoms with Crippen molar-refractivity contribution < 1.29 is 9.59 Å². The summed E-state index contributed by atoms with van der Waals surface area (Å²) in [5.41, 5.74) is 1.34. The number of rotatable bonds is 2. The molecule has 0 aliphatic carbocycles. The van der Waals surface area contributed by atoms with E-state index in [9.17, 15) is 14.4 Å². The fourth-order valence-corrected chi connectivity index (χ4v) is 7.37. The standard InChI is InChI=1S/C33H26N4O3/c1-18(2)28-26-27(31(40)36(30(26)39)24-17-9-11-19-10-3-4-12-20(19)24)33(35-28)22-14-6-8-16-25(22)37-29(38)21-13-5-7-15-23(21)34-32(33)37/h3-18,26-28,35H,1-2H3/t26-,27-,28+,33-/m1/s1. The Morgan fingerprint density at radius 3 is 2.27 bits per heavy atom. The smallest absolute Gasteiger partial charge is 0.266 e. The number of anilines is 1. The van der Waals surface area contributed by atoms with E-state index in [0.717, 1.165) is 16.3 Å². The number of amides is 2. The second kappa shape index (κ2) is 7.96. The molecular formula is C33H26N4O3. The number of nitrogens with one attached hydrogen (secondary N) is 1. The van der Waals surface area contributed by atoms with Crippen molar-refractivity contribution in [3.05, 3.63) is 113 Å². The van der Waals surface area contributed by atoms with Crippen molar-refractivity contribution in [2.75, 3.05) is 4.90 Å². The van der Waals surface area contributed by atoms with Crippen molar-refractivity contribution in [1.29, 1.82) is 0 Å². The molecule has 8 rings (SSSR count). The van der Waals surface area contributed by atoms with Crippen molar-refractivity contribution in [1.82, 2.24) is 14.9 Å². The van der Waals surface area contributed by atoms with Crippen molar-refractivity contribution in [2.24, 2.45) is 17.8 Å². The Kier molecular flexibility index (Phi) is 4.63. The molecule has 3 aliphatic heterocycles. The molecule has 2 saturated heterocycles. The van der Waals surface area contributed by atoms with E-state index in [1.165, 1.54) is 4.90 Å². The Labute approximate surface area is 230 Å². The molecule has 1 N–H and O–H groups in total. The summed E-state index contributed by atoms with van der Waals surface area (Å²) in [4.78, 5) is 49.4. The summed E-state index contributed by atoms with van der Waals surface area (Å²) in [6.07, 6.45) is 0. The Morgan fingerprint density at radius 1 is 0.775 bits per heavy atom. The molecule has 2 fully saturated rings. The summed E-state index contributed by atoms with van der Waals surface area (Å²) < 4.78 is 1.64. The van der Waals surface area contributed by atoms with Gasteiger partial charge in [-0.25, -0.2) is 9.88 Å². The number of nitrogens with zero attached hydrogens (tertiary/aromatic N) is 3. The topological polar surface area (TPSA) is 84.3 Å². The quantitative estimate of drug-likeness (QED) is 0.342. The van der Waals surface area contributed by atoms with Crippen LogP contribution in [0.5, 0.6) is 0 Å². The Bertz CT molecular complexity index is 1970. The van der Waals surface area contributed by atoms with E-state index in [4.69, 9.17) is 4.98 Å². The van der Waals surface area contributed by atoms with Crippen LogP contribution in [0.3, 0.4) is 0 Å². The van der Waals surface area contributed by atoms with E-state index in [-0.39, 0.29) is 29.3 Å². The van der Waals surface area contributed by atoms with Gasteiger partial charge >= 0.3 is 0 Å². The third-order valence-electron chi connectivity index (χ3n) is 9.02. The average Bonchev–Trinajstić information content (AvgIpc) is 3.56. The molecule has 4 atom stereocenters. The van der Waals surface area contributed by atoms with Crippen molar-refractivity contribution >= 4 is 39.2 Å². The van der Waals surface area contributed by atoms with Gasteiger partial charge in [-0.15, -0.1) is 0 Å². The molecule has 2 amide bonds. The van der Waals surface area contributed by atoms with Crippen LogP contribution >= 0.6 is 0 Å². The highest BCUT2D eigenvalue weighted by atomic mass is 16.2. The number of fused-ring (bicyclic) bond motifs is 9. The monoisotopic (exact) mass is 526 g/mol. The summed E-state index contributed by atoms with van der Waals surface area (Å²) >= 11 is 0. The molecule has 1 spiro atoms. The normalized spacial score (nSPS) is 24.9. The first kappa shape index (κ1) is 23.3. The van der Waals surface area contributed by atoms with Crippen LogP contribution in [0.4, 0.5) is 5.69 Å². The molecule has 0 saturated carbocycles. The predicted molar refractivity (Wildman–Crippen MR) is 153 cm³/mol. The first-order valence-electron chi connectivity index (χ1n) is 13.7. The van der Waals surface area contributed by atoms with Crippen LogP contribution in [0.2, 0.25) is 0 Å². The predicted octanol–water partition coefficient (Wildman–Crippen LogP) is 4.53. The fourth-order valence-electron chi connectivity index (χ4n) is 7.37. The Hall–Kier alpha value is -4.62. The minimum Gasteiger partial charge on any atom is -0.296 e. The van der Waals surface area contributed by atoms with Crippen LogP contribution in [0.15, 0.2) is 95.8 Å². The molecule has 4 aromatic carbocycles. The Morgan fingerprint density at radius 2 is 1.45 bits per heavy atom. The highest BCUT2D eigenvalue weighted by Gasteiger charge is 2.70. The van der Waals surface area contributed by atoms with Gasteiger partial charge in [0.1, 0.15) is 11.4 Å². The summed E-state index contributed by atoms with van der Waals surface area (Å²) in [6.45, 7) is 4.13. The molecule has 5 aromatic rings. The zero-order chi connectivity index (χ0) is 27.3. The third kappa shape index (κ3) is 2.72. The van der Waals surface area contributed by atoms with Gasteiger partial charge in [0.25, 0.3) is 5.56 Å². The van der Waals surface area contributed by atoms with Gasteiger partial charge < -0.3 is 0 Å². The van der Waals surface area contributed by atoms with Gasteiger partial charge in [-0.3, -0.25) is 24.3 Å². The van der Waals surface area contributed by atoms with Crippen molar-refractivity contribution in [3.63, 3.8) is 0 Å². The average molecular weight is 527 g/mol. The van der Waals surface area contributed by atoms with Gasteiger partial charge in [0.15, 0.2) is 0 Å². The number of carbonyl (C=O) groups excluding carboxylic acids is 2. The maximum atomic E-state index is 14.7. The van der Waals surface area contributed by atoms with Crippen LogP contribution in [-0.4, -0.2) is 27.4 Å². The maximum Gasteiger partial charge on any atom is 0.266 e. The number of imide groups is 1. The second-order valence-corrected chi connectivity index (χ2v) is 11.3. The lowest BCUT2D eigenvalue weighted by Gasteiger charge is -2.32. The molecule has 0 bridgehead atoms. The van der Waals surface area contributed by atoms with E-state index < -0.39 is 17.4 Å². The fraction of sp³-hybridized carbons (Fsp3) is 0.212. The highest BCUT2D eigenvalue weighted by Crippen LogP contribution is 2.56. The van der Waals surface area contributed by atoms with Gasteiger partial charge in [0, 0.05) is 17.0 Å². The van der Waals surface area contributed by atoms with Crippen molar-refractivity contribution in [3.8, 4) is 5.69 Å². The number of carbonyl (C=O) groups is 2. The zero-order valence-electron chi connectivity index (χ0n) is 22.0. The molecular weight excluding hydrogens is 500 g/mol. The first-order chi connectivity index (χ1) is 19.4. The van der Waals surface area contributed by atoms with E-state index in [1.54, 1.807) is 10.6 Å². The molecule has 40 heavy (non-hydrogen) atoms. The van der Waals surface area contributed by atoms with Gasteiger partial charge in [-0.05, 0) is 35.6 Å². The number of benzene rings is 4. The SMILES string of the molecule is CC(C)[C@@H]1N[C@]2(c3ccccc3-n3c2nc2ccccc2c3=O)[C@H]2C(=O)N(c3cccc4ccccc34)C(=O)[C@@H]12. The van der Waals surface area contributed by atoms with E-state index in [1.807, 2.05) is 84.9 Å². The lowest BCUT2D eigenvalue weighted by molar-refractivity contribution is -0.123. The summed E-state index contributed by atoms with van der Waals surface area (Å²) in [5.74, 6) is -1.36. The molecule has 7 heteroatoms. The third-order valence-corrected chi connectivity index (χ3v) is 9.02. The zero-order valence-corrected chi connectivity index (χ0v) is 22.0. The number of hydrogen-bond donors (Lipinski definition) is 1. The molecule has 0 radical (unpaired) electrons. The summed E-state index contributed by atoms with van der Waals surface area (Å²) in [7, 11) is 0. The van der Waals surface area contributed by atoms with Crippen molar-refractivity contribution in [2.45, 2.75) is 25.4 Å². The van der Waals surface area contributed by atoms with Crippen LogP contribution in [0, 0.1) is 17.8 Å². The van der Waals surface area contributed by atoms with E-state index >= 15 is 0 Å². The largest absolute Gasteiger partial charge is 0.296 e. The lowest BCUT2D eigenvalue weighted by Crippen LogP contribution is -2.51. The van der Waals surface area contributed by atoms with Crippen LogP contribution in [-0.2, 0) is 15.1 Å². The Balaban J connectivity index is 1.43. The minimum atomic E-state index is -1.13. The van der Waals surface area contributed by atoms with Crippen LogP contribution < -0.4 is 15.8 Å². The highest BCUT2D eigenvalue weighted by molar-refractivity contribution is 6.26. The summed E-state index contributed by atoms with van der Waals surface area (Å²) in [6, 6.07) is 28.1. The van der Waals surface area contributed by atoms with Gasteiger partial charge in [0.05, 0.1) is 34.1 Å². The van der Waals surface area contributed by atoms with Crippen LogP contribution in [0.25, 0.3) is 27.4 Å². The number of hydrogen-bond acceptors (Lipinski definition) is 5. The molecule has 196 valence electrons. The second-order valence-electron chi connectivity index (χ2n) is 11.3. The van der Waals surface area contributed by atoms with Gasteiger partial charge in [0.2, 0.25) is 11.8 Å². The minimum absolute atomic E-state index is 0.0458.